The molecule has 0 spiro atoms. The second-order valence-electron chi connectivity index (χ2n) is 6.20. The van der Waals surface area contributed by atoms with Crippen molar-refractivity contribution >= 4 is 17.4 Å². The number of aromatic nitrogens is 1. The number of carbonyl (C=O) groups excluding carboxylic acids is 1. The summed E-state index contributed by atoms with van der Waals surface area (Å²) in [5.74, 6) is 0.473. The highest BCUT2D eigenvalue weighted by atomic mass is 16.1. The number of aryl methyl sites for hydroxylation is 2. The number of carbonyl (C=O) groups is 1. The fraction of sp³-hybridized carbons (Fsp3) is 0.368. The van der Waals surface area contributed by atoms with E-state index in [2.05, 4.69) is 15.2 Å². The quantitative estimate of drug-likeness (QED) is 0.934. The maximum atomic E-state index is 12.3. The third-order valence-electron chi connectivity index (χ3n) is 4.48. The van der Waals surface area contributed by atoms with Crippen LogP contribution in [0.25, 0.3) is 0 Å². The van der Waals surface area contributed by atoms with Gasteiger partial charge in [-0.1, -0.05) is 6.07 Å². The first-order valence-corrected chi connectivity index (χ1v) is 8.23. The standard InChI is InChI=1S/C19H23N3O/c1-14-6-7-16(12-15(14)2)19(23)21-18-9-8-17(13-20-18)22-10-4-3-5-11-22/h6-9,12-13H,3-5,10-11H2,1-2H3,(H,20,21,23). The molecule has 4 nitrogen and oxygen atoms in total. The monoisotopic (exact) mass is 309 g/mol. The Bertz CT molecular complexity index is 688. The number of hydrogen-bond acceptors (Lipinski definition) is 3. The second kappa shape index (κ2) is 6.82. The van der Waals surface area contributed by atoms with Gasteiger partial charge < -0.3 is 10.2 Å². The summed E-state index contributed by atoms with van der Waals surface area (Å²) in [6.07, 6.45) is 5.64. The van der Waals surface area contributed by atoms with E-state index in [0.29, 0.717) is 11.4 Å². The number of amides is 1. The maximum absolute atomic E-state index is 12.3. The number of rotatable bonds is 3. The van der Waals surface area contributed by atoms with Crippen LogP contribution in [0, 0.1) is 13.8 Å². The van der Waals surface area contributed by atoms with Crippen molar-refractivity contribution in [3.63, 3.8) is 0 Å². The van der Waals surface area contributed by atoms with Gasteiger partial charge in [-0.15, -0.1) is 0 Å². The van der Waals surface area contributed by atoms with E-state index in [1.54, 1.807) is 0 Å². The molecule has 2 heterocycles. The summed E-state index contributed by atoms with van der Waals surface area (Å²) in [6.45, 7) is 6.24. The summed E-state index contributed by atoms with van der Waals surface area (Å²) in [7, 11) is 0. The summed E-state index contributed by atoms with van der Waals surface area (Å²) >= 11 is 0. The van der Waals surface area contributed by atoms with Crippen molar-refractivity contribution in [1.29, 1.82) is 0 Å². The highest BCUT2D eigenvalue weighted by Crippen LogP contribution is 2.20. The predicted octanol–water partition coefficient (Wildman–Crippen LogP) is 3.94. The minimum Gasteiger partial charge on any atom is -0.370 e. The van der Waals surface area contributed by atoms with Gasteiger partial charge in [0.15, 0.2) is 0 Å². The zero-order valence-corrected chi connectivity index (χ0v) is 13.8. The van der Waals surface area contributed by atoms with Crippen LogP contribution in [0.5, 0.6) is 0 Å². The molecule has 1 N–H and O–H groups in total. The second-order valence-corrected chi connectivity index (χ2v) is 6.20. The molecule has 1 saturated heterocycles. The van der Waals surface area contributed by atoms with E-state index < -0.39 is 0 Å². The van der Waals surface area contributed by atoms with Crippen LogP contribution in [0.15, 0.2) is 36.5 Å². The third kappa shape index (κ3) is 3.70. The molecule has 1 aliphatic rings. The number of piperidine rings is 1. The number of pyridine rings is 1. The van der Waals surface area contributed by atoms with Gasteiger partial charge in [-0.3, -0.25) is 4.79 Å². The fourth-order valence-electron chi connectivity index (χ4n) is 2.87. The molecule has 23 heavy (non-hydrogen) atoms. The molecule has 0 radical (unpaired) electrons. The van der Waals surface area contributed by atoms with Gasteiger partial charge in [0.1, 0.15) is 5.82 Å². The predicted molar refractivity (Wildman–Crippen MR) is 94.2 cm³/mol. The normalized spacial score (nSPS) is 14.6. The Morgan fingerprint density at radius 2 is 1.83 bits per heavy atom. The van der Waals surface area contributed by atoms with E-state index in [9.17, 15) is 4.79 Å². The number of nitrogens with zero attached hydrogens (tertiary/aromatic N) is 2. The fourth-order valence-corrected chi connectivity index (χ4v) is 2.87. The van der Waals surface area contributed by atoms with Gasteiger partial charge in [0.05, 0.1) is 11.9 Å². The van der Waals surface area contributed by atoms with Crippen molar-refractivity contribution in [2.45, 2.75) is 33.1 Å². The summed E-state index contributed by atoms with van der Waals surface area (Å²) in [5, 5.41) is 2.87. The molecule has 0 saturated carbocycles. The Balaban J connectivity index is 1.67. The van der Waals surface area contributed by atoms with E-state index in [-0.39, 0.29) is 5.91 Å². The average Bonchev–Trinajstić information content (AvgIpc) is 2.59. The van der Waals surface area contributed by atoms with E-state index in [4.69, 9.17) is 0 Å². The maximum Gasteiger partial charge on any atom is 0.256 e. The minimum atomic E-state index is -0.119. The zero-order chi connectivity index (χ0) is 16.2. The van der Waals surface area contributed by atoms with Gasteiger partial charge in [0.2, 0.25) is 0 Å². The average molecular weight is 309 g/mol. The summed E-state index contributed by atoms with van der Waals surface area (Å²) in [5.41, 5.74) is 4.10. The Morgan fingerprint density at radius 3 is 2.48 bits per heavy atom. The number of anilines is 2. The van der Waals surface area contributed by atoms with Crippen molar-refractivity contribution in [2.24, 2.45) is 0 Å². The Kier molecular flexibility index (Phi) is 4.60. The lowest BCUT2D eigenvalue weighted by molar-refractivity contribution is 0.102. The van der Waals surface area contributed by atoms with Crippen LogP contribution in [-0.4, -0.2) is 24.0 Å². The van der Waals surface area contributed by atoms with Crippen LogP contribution in [0.4, 0.5) is 11.5 Å². The van der Waals surface area contributed by atoms with E-state index in [1.165, 1.54) is 24.8 Å². The van der Waals surface area contributed by atoms with E-state index >= 15 is 0 Å². The Hall–Kier alpha value is -2.36. The van der Waals surface area contributed by atoms with Crippen LogP contribution in [0.2, 0.25) is 0 Å². The summed E-state index contributed by atoms with van der Waals surface area (Å²) in [6, 6.07) is 9.64. The highest BCUT2D eigenvalue weighted by molar-refractivity contribution is 6.03. The third-order valence-corrected chi connectivity index (χ3v) is 4.48. The Labute approximate surface area is 137 Å². The number of benzene rings is 1. The van der Waals surface area contributed by atoms with Crippen molar-refractivity contribution in [3.05, 3.63) is 53.2 Å². The molecule has 0 aliphatic carbocycles. The van der Waals surface area contributed by atoms with Crippen LogP contribution >= 0.6 is 0 Å². The van der Waals surface area contributed by atoms with Gasteiger partial charge in [-0.25, -0.2) is 4.98 Å². The molecule has 1 aliphatic heterocycles. The lowest BCUT2D eigenvalue weighted by atomic mass is 10.1. The van der Waals surface area contributed by atoms with Crippen molar-refractivity contribution in [3.8, 4) is 0 Å². The van der Waals surface area contributed by atoms with Gasteiger partial charge in [0.25, 0.3) is 5.91 Å². The number of hydrogen-bond donors (Lipinski definition) is 1. The summed E-state index contributed by atoms with van der Waals surface area (Å²) in [4.78, 5) is 19.0. The molecule has 2 aromatic rings. The molecular weight excluding hydrogens is 286 g/mol. The van der Waals surface area contributed by atoms with Gasteiger partial charge >= 0.3 is 0 Å². The van der Waals surface area contributed by atoms with Gasteiger partial charge in [-0.2, -0.15) is 0 Å². The first-order valence-electron chi connectivity index (χ1n) is 8.23. The molecule has 0 bridgehead atoms. The first kappa shape index (κ1) is 15.5. The lowest BCUT2D eigenvalue weighted by Gasteiger charge is -2.28. The molecule has 3 rings (SSSR count). The molecule has 120 valence electrons. The Morgan fingerprint density at radius 1 is 1.04 bits per heavy atom. The molecular formula is C19H23N3O. The van der Waals surface area contributed by atoms with Crippen LogP contribution in [-0.2, 0) is 0 Å². The minimum absolute atomic E-state index is 0.119. The van der Waals surface area contributed by atoms with Crippen molar-refractivity contribution in [1.82, 2.24) is 4.98 Å². The highest BCUT2D eigenvalue weighted by Gasteiger charge is 2.12. The largest absolute Gasteiger partial charge is 0.370 e. The van der Waals surface area contributed by atoms with Gasteiger partial charge in [-0.05, 0) is 68.5 Å². The SMILES string of the molecule is Cc1ccc(C(=O)Nc2ccc(N3CCCCC3)cn2)cc1C. The van der Waals surface area contributed by atoms with E-state index in [1.807, 2.05) is 50.4 Å². The molecule has 0 atom stereocenters. The van der Waals surface area contributed by atoms with Crippen molar-refractivity contribution < 1.29 is 4.79 Å². The molecule has 0 unspecified atom stereocenters. The lowest BCUT2D eigenvalue weighted by Crippen LogP contribution is -2.29. The molecule has 1 aromatic heterocycles. The zero-order valence-electron chi connectivity index (χ0n) is 13.8. The first-order chi connectivity index (χ1) is 11.1. The van der Waals surface area contributed by atoms with Crippen LogP contribution < -0.4 is 10.2 Å². The van der Waals surface area contributed by atoms with Crippen LogP contribution in [0.1, 0.15) is 40.7 Å². The van der Waals surface area contributed by atoms with Crippen molar-refractivity contribution in [2.75, 3.05) is 23.3 Å². The molecule has 4 heteroatoms. The number of nitrogens with one attached hydrogen (secondary N) is 1. The van der Waals surface area contributed by atoms with Gasteiger partial charge in [0, 0.05) is 18.7 Å². The van der Waals surface area contributed by atoms with Crippen LogP contribution in [0.3, 0.4) is 0 Å². The molecule has 1 amide bonds. The molecule has 1 aromatic carbocycles. The smallest absolute Gasteiger partial charge is 0.256 e. The molecule has 1 fully saturated rings. The van der Waals surface area contributed by atoms with E-state index in [0.717, 1.165) is 24.3 Å². The summed E-state index contributed by atoms with van der Waals surface area (Å²) < 4.78 is 0. The topological polar surface area (TPSA) is 45.2 Å².